The zero-order valence-corrected chi connectivity index (χ0v) is 15.5. The number of hydrogen-bond acceptors (Lipinski definition) is 6. The Balaban J connectivity index is 1.72. The Morgan fingerprint density at radius 1 is 1.20 bits per heavy atom. The van der Waals surface area contributed by atoms with Crippen molar-refractivity contribution in [3.05, 3.63) is 74.1 Å². The van der Waals surface area contributed by atoms with Gasteiger partial charge in [0.1, 0.15) is 0 Å². The lowest BCUT2D eigenvalue weighted by atomic mass is 10.1. The fraction of sp³-hybridized carbons (Fsp3) is 0.0588. The Kier molecular flexibility index (Phi) is 5.20. The largest absolute Gasteiger partial charge is 0.269 e. The van der Waals surface area contributed by atoms with E-state index >= 15 is 0 Å². The number of nitrogens with zero attached hydrogens (tertiary/aromatic N) is 3. The fourth-order valence-electron chi connectivity index (χ4n) is 2.10. The molecule has 0 aliphatic heterocycles. The predicted octanol–water partition coefficient (Wildman–Crippen LogP) is 5.32. The molecule has 0 bridgehead atoms. The quantitative estimate of drug-likeness (QED) is 0.346. The molecule has 0 atom stereocenters. The Morgan fingerprint density at radius 3 is 2.52 bits per heavy atom. The highest BCUT2D eigenvalue weighted by Gasteiger charge is 2.08. The van der Waals surface area contributed by atoms with Gasteiger partial charge in [-0.1, -0.05) is 28.1 Å². The van der Waals surface area contributed by atoms with Gasteiger partial charge in [-0.3, -0.25) is 15.5 Å². The lowest BCUT2D eigenvalue weighted by Gasteiger charge is -2.01. The second kappa shape index (κ2) is 7.54. The first-order valence-electron chi connectivity index (χ1n) is 7.29. The van der Waals surface area contributed by atoms with Gasteiger partial charge in [0.05, 0.1) is 16.3 Å². The SMILES string of the molecule is C/C(=N\Nc1nc(-c2ccc([N+](=O)[O-])cc2)cs1)c1ccc(Br)cc1. The third-order valence-electron chi connectivity index (χ3n) is 3.46. The third-order valence-corrected chi connectivity index (χ3v) is 4.73. The van der Waals surface area contributed by atoms with E-state index in [0.29, 0.717) is 5.13 Å². The molecule has 0 saturated carbocycles. The zero-order chi connectivity index (χ0) is 17.8. The van der Waals surface area contributed by atoms with Crippen molar-refractivity contribution in [3.8, 4) is 11.3 Å². The van der Waals surface area contributed by atoms with Crippen molar-refractivity contribution in [2.24, 2.45) is 5.10 Å². The topological polar surface area (TPSA) is 80.4 Å². The number of nitrogens with one attached hydrogen (secondary N) is 1. The molecule has 2 aromatic carbocycles. The number of hydrogen-bond donors (Lipinski definition) is 1. The van der Waals surface area contributed by atoms with Crippen LogP contribution in [0.5, 0.6) is 0 Å². The maximum absolute atomic E-state index is 10.7. The summed E-state index contributed by atoms with van der Waals surface area (Å²) < 4.78 is 1.02. The van der Waals surface area contributed by atoms with Crippen LogP contribution in [0.4, 0.5) is 10.8 Å². The number of aromatic nitrogens is 1. The van der Waals surface area contributed by atoms with E-state index in [4.69, 9.17) is 0 Å². The summed E-state index contributed by atoms with van der Waals surface area (Å²) in [7, 11) is 0. The molecule has 0 amide bonds. The van der Waals surface area contributed by atoms with Crippen molar-refractivity contribution in [1.29, 1.82) is 0 Å². The summed E-state index contributed by atoms with van der Waals surface area (Å²) in [6.07, 6.45) is 0. The van der Waals surface area contributed by atoms with Crippen molar-refractivity contribution in [2.75, 3.05) is 5.43 Å². The van der Waals surface area contributed by atoms with Crippen LogP contribution in [0, 0.1) is 10.1 Å². The Morgan fingerprint density at radius 2 is 1.88 bits per heavy atom. The van der Waals surface area contributed by atoms with E-state index in [0.717, 1.165) is 27.0 Å². The molecule has 0 aliphatic rings. The molecule has 126 valence electrons. The molecule has 0 fully saturated rings. The summed E-state index contributed by atoms with van der Waals surface area (Å²) in [6.45, 7) is 1.92. The molecule has 1 aromatic heterocycles. The molecule has 3 aromatic rings. The van der Waals surface area contributed by atoms with Crippen molar-refractivity contribution in [3.63, 3.8) is 0 Å². The van der Waals surface area contributed by atoms with E-state index < -0.39 is 4.92 Å². The first kappa shape index (κ1) is 17.2. The first-order chi connectivity index (χ1) is 12.0. The van der Waals surface area contributed by atoms with Crippen molar-refractivity contribution >= 4 is 43.8 Å². The zero-order valence-electron chi connectivity index (χ0n) is 13.1. The molecule has 0 aliphatic carbocycles. The molecule has 0 unspecified atom stereocenters. The number of anilines is 1. The van der Waals surface area contributed by atoms with Crippen LogP contribution in [0.3, 0.4) is 0 Å². The van der Waals surface area contributed by atoms with Crippen LogP contribution < -0.4 is 5.43 Å². The van der Waals surface area contributed by atoms with Gasteiger partial charge in [0.25, 0.3) is 5.69 Å². The third kappa shape index (κ3) is 4.28. The van der Waals surface area contributed by atoms with Crippen molar-refractivity contribution < 1.29 is 4.92 Å². The highest BCUT2D eigenvalue weighted by atomic mass is 79.9. The highest BCUT2D eigenvalue weighted by molar-refractivity contribution is 9.10. The maximum atomic E-state index is 10.7. The summed E-state index contributed by atoms with van der Waals surface area (Å²) in [5, 5.41) is 17.6. The molecule has 6 nitrogen and oxygen atoms in total. The summed E-state index contributed by atoms with van der Waals surface area (Å²) in [5.74, 6) is 0. The molecule has 3 rings (SSSR count). The molecule has 0 saturated heterocycles. The number of nitro benzene ring substituents is 1. The van der Waals surface area contributed by atoms with E-state index in [1.165, 1.54) is 23.5 Å². The van der Waals surface area contributed by atoms with Gasteiger partial charge in [-0.15, -0.1) is 11.3 Å². The van der Waals surface area contributed by atoms with Gasteiger partial charge in [-0.05, 0) is 36.8 Å². The average molecular weight is 417 g/mol. The highest BCUT2D eigenvalue weighted by Crippen LogP contribution is 2.26. The van der Waals surface area contributed by atoms with Crippen LogP contribution >= 0.6 is 27.3 Å². The van der Waals surface area contributed by atoms with E-state index in [2.05, 4.69) is 31.4 Å². The van der Waals surface area contributed by atoms with Crippen molar-refractivity contribution in [2.45, 2.75) is 6.92 Å². The Bertz CT molecular complexity index is 921. The molecule has 1 N–H and O–H groups in total. The van der Waals surface area contributed by atoms with E-state index in [1.54, 1.807) is 12.1 Å². The fourth-order valence-corrected chi connectivity index (χ4v) is 3.02. The summed E-state index contributed by atoms with van der Waals surface area (Å²) in [6, 6.07) is 14.2. The lowest BCUT2D eigenvalue weighted by Crippen LogP contribution is -1.99. The van der Waals surface area contributed by atoms with Crippen LogP contribution in [0.25, 0.3) is 11.3 Å². The van der Waals surface area contributed by atoms with Gasteiger partial charge >= 0.3 is 0 Å². The molecular formula is C17H13BrN4O2S. The minimum Gasteiger partial charge on any atom is -0.258 e. The van der Waals surface area contributed by atoms with Gasteiger partial charge in [-0.25, -0.2) is 4.98 Å². The summed E-state index contributed by atoms with van der Waals surface area (Å²) in [5.41, 5.74) is 6.45. The maximum Gasteiger partial charge on any atom is 0.269 e. The van der Waals surface area contributed by atoms with Gasteiger partial charge in [0.15, 0.2) is 0 Å². The Hall–Kier alpha value is -2.58. The van der Waals surface area contributed by atoms with Gasteiger partial charge in [-0.2, -0.15) is 5.10 Å². The number of nitro groups is 1. The molecule has 0 spiro atoms. The monoisotopic (exact) mass is 416 g/mol. The number of halogens is 1. The van der Waals surface area contributed by atoms with Crippen LogP contribution in [-0.2, 0) is 0 Å². The second-order valence-corrected chi connectivity index (χ2v) is 6.93. The Labute approximate surface area is 156 Å². The van der Waals surface area contributed by atoms with Crippen LogP contribution in [0.2, 0.25) is 0 Å². The number of hydrazone groups is 1. The van der Waals surface area contributed by atoms with E-state index in [9.17, 15) is 10.1 Å². The van der Waals surface area contributed by atoms with Gasteiger partial charge in [0.2, 0.25) is 5.13 Å². The predicted molar refractivity (Wildman–Crippen MR) is 104 cm³/mol. The minimum absolute atomic E-state index is 0.0621. The molecule has 1 heterocycles. The number of rotatable bonds is 5. The molecular weight excluding hydrogens is 404 g/mol. The van der Waals surface area contributed by atoms with Crippen LogP contribution in [0.1, 0.15) is 12.5 Å². The van der Waals surface area contributed by atoms with Crippen LogP contribution in [-0.4, -0.2) is 15.6 Å². The minimum atomic E-state index is -0.419. The normalized spacial score (nSPS) is 11.4. The first-order valence-corrected chi connectivity index (χ1v) is 8.97. The standard InChI is InChI=1S/C17H13BrN4O2S/c1-11(12-2-6-14(18)7-3-12)20-21-17-19-16(10-25-17)13-4-8-15(9-5-13)22(23)24/h2-10H,1H3,(H,19,21)/b20-11+. The van der Waals surface area contributed by atoms with Gasteiger partial charge < -0.3 is 0 Å². The average Bonchev–Trinajstić information content (AvgIpc) is 3.09. The van der Waals surface area contributed by atoms with E-state index in [1.807, 2.05) is 36.6 Å². The lowest BCUT2D eigenvalue weighted by molar-refractivity contribution is -0.384. The summed E-state index contributed by atoms with van der Waals surface area (Å²) >= 11 is 4.83. The molecule has 8 heteroatoms. The number of thiazole rings is 1. The van der Waals surface area contributed by atoms with Crippen molar-refractivity contribution in [1.82, 2.24) is 4.98 Å². The molecule has 0 radical (unpaired) electrons. The number of non-ortho nitro benzene ring substituents is 1. The summed E-state index contributed by atoms with van der Waals surface area (Å²) in [4.78, 5) is 14.7. The smallest absolute Gasteiger partial charge is 0.258 e. The second-order valence-electron chi connectivity index (χ2n) is 5.16. The van der Waals surface area contributed by atoms with Gasteiger partial charge in [0, 0.05) is 27.5 Å². The number of benzene rings is 2. The van der Waals surface area contributed by atoms with Crippen LogP contribution in [0.15, 0.2) is 63.5 Å². The van der Waals surface area contributed by atoms with E-state index in [-0.39, 0.29) is 5.69 Å². The molecule has 25 heavy (non-hydrogen) atoms.